The monoisotopic (exact) mass is 359 g/mol. The van der Waals surface area contributed by atoms with Crippen LogP contribution in [-0.4, -0.2) is 31.4 Å². The summed E-state index contributed by atoms with van der Waals surface area (Å²) in [5, 5.41) is 3.02. The lowest BCUT2D eigenvalue weighted by atomic mass is 9.96. The molecule has 3 aromatic rings. The molecule has 1 N–H and O–H groups in total. The fourth-order valence-electron chi connectivity index (χ4n) is 4.01. The van der Waals surface area contributed by atoms with Gasteiger partial charge in [0.05, 0.1) is 18.5 Å². The average Bonchev–Trinajstić information content (AvgIpc) is 3.34. The highest BCUT2D eigenvalue weighted by molar-refractivity contribution is 5.99. The number of nitrogens with one attached hydrogen (secondary N) is 1. The van der Waals surface area contributed by atoms with E-state index < -0.39 is 0 Å². The van der Waals surface area contributed by atoms with Gasteiger partial charge in [-0.25, -0.2) is 14.8 Å². The predicted molar refractivity (Wildman–Crippen MR) is 96.8 cm³/mol. The lowest BCUT2D eigenvalue weighted by Crippen LogP contribution is -2.54. The number of urea groups is 1. The number of aromatic nitrogens is 3. The van der Waals surface area contributed by atoms with Crippen LogP contribution < -0.4 is 5.32 Å². The molecule has 0 unspecified atom stereocenters. The summed E-state index contributed by atoms with van der Waals surface area (Å²) in [6.45, 7) is 0.172. The van der Waals surface area contributed by atoms with Gasteiger partial charge in [-0.05, 0) is 23.6 Å². The third-order valence-electron chi connectivity index (χ3n) is 5.28. The topological polar surface area (TPSA) is 80.1 Å². The van der Waals surface area contributed by atoms with Crippen molar-refractivity contribution >= 4 is 11.9 Å². The van der Waals surface area contributed by atoms with Gasteiger partial charge in [-0.2, -0.15) is 0 Å². The SMILES string of the molecule is O=C1N[C@H]2c3ccccc3C[C@H]2C(=O)N1Cc1cccnc1-n1ccnc1. The summed E-state index contributed by atoms with van der Waals surface area (Å²) >= 11 is 0. The minimum atomic E-state index is -0.363. The van der Waals surface area contributed by atoms with E-state index in [2.05, 4.69) is 15.3 Å². The molecule has 7 heteroatoms. The van der Waals surface area contributed by atoms with Gasteiger partial charge < -0.3 is 5.32 Å². The van der Waals surface area contributed by atoms with Gasteiger partial charge in [0.1, 0.15) is 12.1 Å². The van der Waals surface area contributed by atoms with Gasteiger partial charge >= 0.3 is 6.03 Å². The van der Waals surface area contributed by atoms with Crippen LogP contribution in [0.5, 0.6) is 0 Å². The summed E-state index contributed by atoms with van der Waals surface area (Å²) in [4.78, 5) is 35.6. The molecule has 0 bridgehead atoms. The molecule has 0 spiro atoms. The van der Waals surface area contributed by atoms with Gasteiger partial charge in [0, 0.05) is 24.2 Å². The van der Waals surface area contributed by atoms with Crippen molar-refractivity contribution in [3.8, 4) is 5.82 Å². The minimum Gasteiger partial charge on any atom is -0.330 e. The Morgan fingerprint density at radius 1 is 1.11 bits per heavy atom. The number of carbonyl (C=O) groups is 2. The first kappa shape index (κ1) is 15.7. The normalized spacial score (nSPS) is 21.0. The van der Waals surface area contributed by atoms with Gasteiger partial charge in [-0.1, -0.05) is 30.3 Å². The Labute approximate surface area is 155 Å². The number of carbonyl (C=O) groups excluding carboxylic acids is 2. The van der Waals surface area contributed by atoms with Gasteiger partial charge in [0.15, 0.2) is 0 Å². The lowest BCUT2D eigenvalue weighted by molar-refractivity contribution is -0.135. The zero-order chi connectivity index (χ0) is 18.4. The number of nitrogens with zero attached hydrogens (tertiary/aromatic N) is 4. The van der Waals surface area contributed by atoms with Crippen molar-refractivity contribution in [2.75, 3.05) is 0 Å². The van der Waals surface area contributed by atoms with Crippen molar-refractivity contribution in [2.45, 2.75) is 19.0 Å². The van der Waals surface area contributed by atoms with Crippen LogP contribution in [0.4, 0.5) is 4.79 Å². The zero-order valence-electron chi connectivity index (χ0n) is 14.4. The molecule has 3 amide bonds. The molecule has 27 heavy (non-hydrogen) atoms. The first-order chi connectivity index (χ1) is 13.2. The molecule has 7 nitrogen and oxygen atoms in total. The Morgan fingerprint density at radius 2 is 2.00 bits per heavy atom. The van der Waals surface area contributed by atoms with Crippen LogP contribution in [-0.2, 0) is 17.8 Å². The van der Waals surface area contributed by atoms with Crippen molar-refractivity contribution < 1.29 is 9.59 Å². The first-order valence-corrected chi connectivity index (χ1v) is 8.84. The number of pyridine rings is 1. The molecule has 1 aliphatic heterocycles. The fourth-order valence-corrected chi connectivity index (χ4v) is 4.01. The van der Waals surface area contributed by atoms with Crippen LogP contribution in [0, 0.1) is 5.92 Å². The number of hydrogen-bond acceptors (Lipinski definition) is 4. The van der Waals surface area contributed by atoms with Crippen LogP contribution in [0.25, 0.3) is 5.82 Å². The van der Waals surface area contributed by atoms with Crippen LogP contribution in [0.15, 0.2) is 61.3 Å². The van der Waals surface area contributed by atoms with Crippen molar-refractivity contribution in [3.63, 3.8) is 0 Å². The van der Waals surface area contributed by atoms with Crippen LogP contribution >= 0.6 is 0 Å². The Kier molecular flexibility index (Phi) is 3.53. The lowest BCUT2D eigenvalue weighted by Gasteiger charge is -2.34. The molecule has 3 heterocycles. The number of rotatable bonds is 3. The van der Waals surface area contributed by atoms with Crippen molar-refractivity contribution in [3.05, 3.63) is 78.0 Å². The van der Waals surface area contributed by atoms with Crippen LogP contribution in [0.2, 0.25) is 0 Å². The molecule has 134 valence electrons. The van der Waals surface area contributed by atoms with E-state index in [1.54, 1.807) is 35.6 Å². The predicted octanol–water partition coefficient (Wildman–Crippen LogP) is 2.23. The van der Waals surface area contributed by atoms with E-state index in [9.17, 15) is 9.59 Å². The number of hydrogen-bond donors (Lipinski definition) is 1. The summed E-state index contributed by atoms with van der Waals surface area (Å²) in [5.74, 6) is 0.265. The molecule has 2 atom stereocenters. The highest BCUT2D eigenvalue weighted by Crippen LogP contribution is 2.39. The number of imide groups is 1. The van der Waals surface area contributed by atoms with Gasteiger partial charge in [0.25, 0.3) is 0 Å². The summed E-state index contributed by atoms with van der Waals surface area (Å²) in [7, 11) is 0. The zero-order valence-corrected chi connectivity index (χ0v) is 14.4. The van der Waals surface area contributed by atoms with Gasteiger partial charge in [-0.15, -0.1) is 0 Å². The highest BCUT2D eigenvalue weighted by atomic mass is 16.2. The van der Waals surface area contributed by atoms with Crippen LogP contribution in [0.1, 0.15) is 22.7 Å². The molecule has 2 aliphatic rings. The van der Waals surface area contributed by atoms with Crippen molar-refractivity contribution in [2.24, 2.45) is 5.92 Å². The number of imidazole rings is 1. The average molecular weight is 359 g/mol. The molecule has 1 aliphatic carbocycles. The maximum atomic E-state index is 13.1. The van der Waals surface area contributed by atoms with Crippen molar-refractivity contribution in [1.29, 1.82) is 0 Å². The van der Waals surface area contributed by atoms with E-state index in [-0.39, 0.29) is 30.4 Å². The first-order valence-electron chi connectivity index (χ1n) is 8.84. The Bertz CT molecular complexity index is 1030. The quantitative estimate of drug-likeness (QED) is 0.778. The molecule has 1 fully saturated rings. The Hall–Kier alpha value is -3.48. The molecule has 1 saturated heterocycles. The second-order valence-corrected chi connectivity index (χ2v) is 6.82. The number of benzene rings is 1. The van der Waals surface area contributed by atoms with E-state index in [0.29, 0.717) is 12.2 Å². The molecule has 0 radical (unpaired) electrons. The van der Waals surface area contributed by atoms with Gasteiger partial charge in [-0.3, -0.25) is 14.3 Å². The molecule has 5 rings (SSSR count). The van der Waals surface area contributed by atoms with E-state index in [1.165, 1.54) is 4.90 Å². The van der Waals surface area contributed by atoms with Crippen LogP contribution in [0.3, 0.4) is 0 Å². The summed E-state index contributed by atoms with van der Waals surface area (Å²) in [6.07, 6.45) is 7.43. The number of fused-ring (bicyclic) bond motifs is 3. The standard InChI is InChI=1S/C20H17N5O2/c26-19-16-10-13-4-1-2-6-15(13)17(16)23-20(27)25(19)11-14-5-3-7-22-18(14)24-9-8-21-12-24/h1-9,12,16-17H,10-11H2,(H,23,27)/t16-,17+/m1/s1. The minimum absolute atomic E-state index is 0.139. The Morgan fingerprint density at radius 3 is 2.85 bits per heavy atom. The maximum absolute atomic E-state index is 13.1. The largest absolute Gasteiger partial charge is 0.330 e. The summed E-state index contributed by atoms with van der Waals surface area (Å²) < 4.78 is 1.77. The maximum Gasteiger partial charge on any atom is 0.324 e. The molecule has 1 aromatic carbocycles. The second kappa shape index (κ2) is 6.05. The smallest absolute Gasteiger partial charge is 0.324 e. The molecule has 0 saturated carbocycles. The molecular weight excluding hydrogens is 342 g/mol. The number of amides is 3. The fraction of sp³-hybridized carbons (Fsp3) is 0.200. The summed E-state index contributed by atoms with van der Waals surface area (Å²) in [6, 6.07) is 11.0. The highest BCUT2D eigenvalue weighted by Gasteiger charge is 2.46. The third kappa shape index (κ3) is 2.51. The van der Waals surface area contributed by atoms with Crippen molar-refractivity contribution in [1.82, 2.24) is 24.8 Å². The van der Waals surface area contributed by atoms with Gasteiger partial charge in [0.2, 0.25) is 5.91 Å². The third-order valence-corrected chi connectivity index (χ3v) is 5.28. The second-order valence-electron chi connectivity index (χ2n) is 6.82. The summed E-state index contributed by atoms with van der Waals surface area (Å²) in [5.41, 5.74) is 2.96. The Balaban J connectivity index is 1.45. The van der Waals surface area contributed by atoms with E-state index in [1.807, 2.05) is 30.3 Å². The van der Waals surface area contributed by atoms with E-state index >= 15 is 0 Å². The molecular formula is C20H17N5O2. The molecule has 2 aromatic heterocycles. The van der Waals surface area contributed by atoms with E-state index in [0.717, 1.165) is 16.7 Å². The van der Waals surface area contributed by atoms with E-state index in [4.69, 9.17) is 0 Å².